The third-order valence-electron chi connectivity index (χ3n) is 13.2. The van der Waals surface area contributed by atoms with Gasteiger partial charge in [0.05, 0.1) is 6.20 Å². The number of nitrogens with zero attached hydrogens (tertiary/aromatic N) is 1. The van der Waals surface area contributed by atoms with Crippen LogP contribution in [0.15, 0.2) is 22.4 Å². The Balaban J connectivity index is 1.46. The van der Waals surface area contributed by atoms with Crippen molar-refractivity contribution in [1.82, 2.24) is 15.8 Å². The van der Waals surface area contributed by atoms with Gasteiger partial charge in [-0.3, -0.25) is 4.79 Å². The molecular weight excluding hydrogens is 470 g/mol. The number of rotatable bonds is 4. The molecule has 1 heterocycles. The molecule has 3 saturated carbocycles. The molecule has 5 aliphatic carbocycles. The Kier molecular flexibility index (Phi) is 5.83. The van der Waals surface area contributed by atoms with Crippen molar-refractivity contribution in [2.75, 3.05) is 20.1 Å². The minimum absolute atomic E-state index is 0.0204. The zero-order valence-corrected chi connectivity index (χ0v) is 25.2. The molecule has 0 bridgehead atoms. The van der Waals surface area contributed by atoms with Crippen molar-refractivity contribution in [3.8, 4) is 0 Å². The van der Waals surface area contributed by atoms with Gasteiger partial charge in [-0.05, 0) is 98.0 Å². The van der Waals surface area contributed by atoms with E-state index >= 15 is 0 Å². The minimum atomic E-state index is -0.0891. The topological polar surface area (TPSA) is 67.2 Å². The predicted octanol–water partition coefficient (Wildman–Crippen LogP) is 6.23. The van der Waals surface area contributed by atoms with E-state index in [-0.39, 0.29) is 38.5 Å². The Bertz CT molecular complexity index is 1160. The van der Waals surface area contributed by atoms with E-state index in [4.69, 9.17) is 4.52 Å². The van der Waals surface area contributed by atoms with Crippen molar-refractivity contribution in [1.29, 1.82) is 0 Å². The summed E-state index contributed by atoms with van der Waals surface area (Å²) < 4.78 is 5.84. The number of likely N-dealkylation sites (N-methyl/N-ethyl adjacent to an activating group) is 1. The van der Waals surface area contributed by atoms with E-state index in [0.29, 0.717) is 17.6 Å². The van der Waals surface area contributed by atoms with E-state index in [0.717, 1.165) is 44.5 Å². The van der Waals surface area contributed by atoms with Crippen LogP contribution in [0.3, 0.4) is 0 Å². The van der Waals surface area contributed by atoms with Crippen LogP contribution < -0.4 is 10.6 Å². The molecule has 6 rings (SSSR count). The van der Waals surface area contributed by atoms with Gasteiger partial charge in [-0.1, -0.05) is 59.2 Å². The number of aromatic nitrogens is 1. The molecule has 2 N–H and O–H groups in total. The van der Waals surface area contributed by atoms with Gasteiger partial charge in [0.25, 0.3) is 0 Å². The smallest absolute Gasteiger partial charge is 0.159 e. The Morgan fingerprint density at radius 1 is 1.00 bits per heavy atom. The number of hydrogen-bond acceptors (Lipinski definition) is 5. The monoisotopic (exact) mass is 521 g/mol. The minimum Gasteiger partial charge on any atom is -0.361 e. The largest absolute Gasteiger partial charge is 0.361 e. The molecule has 1 aromatic heterocycles. The van der Waals surface area contributed by atoms with Crippen LogP contribution in [0.4, 0.5) is 0 Å². The van der Waals surface area contributed by atoms with Gasteiger partial charge in [-0.2, -0.15) is 0 Å². The van der Waals surface area contributed by atoms with Gasteiger partial charge in [0.2, 0.25) is 0 Å². The van der Waals surface area contributed by atoms with Crippen LogP contribution in [0.1, 0.15) is 105 Å². The van der Waals surface area contributed by atoms with Gasteiger partial charge in [0.15, 0.2) is 5.78 Å². The fraction of sp³-hybridized carbons (Fsp3) is 0.818. The van der Waals surface area contributed by atoms with Crippen molar-refractivity contribution < 1.29 is 9.32 Å². The number of ketones is 1. The number of fused-ring (bicyclic) bond motifs is 8. The molecule has 0 amide bonds. The number of allylic oxidation sites excluding steroid dienone is 2. The van der Waals surface area contributed by atoms with Crippen LogP contribution in [-0.4, -0.2) is 36.6 Å². The molecular formula is C33H51N3O2. The predicted molar refractivity (Wildman–Crippen MR) is 152 cm³/mol. The SMILES string of the molecule is CNCCN[C@]12CCC(C)(C)C[C@H]1[C@H]1C(=O)C=C3[C@@]4(C)Cc5cnoc5C(C)(C)[C@@H]4CC[C@@]3(C)[C@]1(C)CC2. The van der Waals surface area contributed by atoms with E-state index in [2.05, 4.69) is 70.3 Å². The molecule has 3 fully saturated rings. The van der Waals surface area contributed by atoms with Gasteiger partial charge in [0.1, 0.15) is 5.76 Å². The molecule has 5 aliphatic rings. The van der Waals surface area contributed by atoms with Crippen LogP contribution in [-0.2, 0) is 16.6 Å². The lowest BCUT2D eigenvalue weighted by molar-refractivity contribution is -0.161. The maximum Gasteiger partial charge on any atom is 0.159 e. The quantitative estimate of drug-likeness (QED) is 0.460. The Hall–Kier alpha value is -1.46. The molecule has 5 heteroatoms. The van der Waals surface area contributed by atoms with Crippen molar-refractivity contribution >= 4 is 5.78 Å². The molecule has 0 aromatic carbocycles. The summed E-state index contributed by atoms with van der Waals surface area (Å²) >= 11 is 0. The van der Waals surface area contributed by atoms with E-state index < -0.39 is 0 Å². The summed E-state index contributed by atoms with van der Waals surface area (Å²) in [4.78, 5) is 14.6. The molecule has 0 unspecified atom stereocenters. The third-order valence-corrected chi connectivity index (χ3v) is 13.2. The van der Waals surface area contributed by atoms with Gasteiger partial charge in [-0.25, -0.2) is 0 Å². The molecule has 5 nitrogen and oxygen atoms in total. The first-order valence-electron chi connectivity index (χ1n) is 15.3. The Morgan fingerprint density at radius 2 is 1.74 bits per heavy atom. The summed E-state index contributed by atoms with van der Waals surface area (Å²) in [5.74, 6) is 2.41. The van der Waals surface area contributed by atoms with E-state index in [9.17, 15) is 4.79 Å². The molecule has 1 aromatic rings. The van der Waals surface area contributed by atoms with Crippen LogP contribution in [0.5, 0.6) is 0 Å². The molecule has 7 atom stereocenters. The molecule has 0 aliphatic heterocycles. The fourth-order valence-electron chi connectivity index (χ4n) is 11.0. The maximum absolute atomic E-state index is 14.6. The van der Waals surface area contributed by atoms with Crippen LogP contribution in [0.2, 0.25) is 0 Å². The van der Waals surface area contributed by atoms with Crippen molar-refractivity contribution in [2.45, 2.75) is 111 Å². The number of carbonyl (C=O) groups is 1. The van der Waals surface area contributed by atoms with Crippen molar-refractivity contribution in [2.24, 2.45) is 39.4 Å². The van der Waals surface area contributed by atoms with Crippen molar-refractivity contribution in [3.63, 3.8) is 0 Å². The first-order chi connectivity index (χ1) is 17.7. The average molecular weight is 522 g/mol. The first-order valence-corrected chi connectivity index (χ1v) is 15.3. The maximum atomic E-state index is 14.6. The number of carbonyl (C=O) groups excluding carboxylic acids is 1. The lowest BCUT2D eigenvalue weighted by Gasteiger charge is -2.69. The van der Waals surface area contributed by atoms with Gasteiger partial charge in [-0.15, -0.1) is 0 Å². The molecule has 0 spiro atoms. The molecule has 0 radical (unpaired) electrons. The summed E-state index contributed by atoms with van der Waals surface area (Å²) in [6.45, 7) is 19.0. The van der Waals surface area contributed by atoms with Crippen LogP contribution in [0.25, 0.3) is 0 Å². The third kappa shape index (κ3) is 3.36. The number of nitrogens with one attached hydrogen (secondary N) is 2. The van der Waals surface area contributed by atoms with E-state index in [1.807, 2.05) is 13.2 Å². The van der Waals surface area contributed by atoms with Crippen LogP contribution >= 0.6 is 0 Å². The highest BCUT2D eigenvalue weighted by Gasteiger charge is 2.69. The average Bonchev–Trinajstić information content (AvgIpc) is 3.30. The van der Waals surface area contributed by atoms with Gasteiger partial charge in [0, 0.05) is 35.5 Å². The van der Waals surface area contributed by atoms with E-state index in [1.165, 1.54) is 36.8 Å². The number of hydrogen-bond donors (Lipinski definition) is 2. The van der Waals surface area contributed by atoms with Crippen LogP contribution in [0, 0.1) is 39.4 Å². The van der Waals surface area contributed by atoms with Gasteiger partial charge >= 0.3 is 0 Å². The highest BCUT2D eigenvalue weighted by molar-refractivity contribution is 5.95. The zero-order valence-electron chi connectivity index (χ0n) is 25.2. The summed E-state index contributed by atoms with van der Waals surface area (Å²) in [5.41, 5.74) is 2.91. The van der Waals surface area contributed by atoms with Crippen molar-refractivity contribution in [3.05, 3.63) is 29.2 Å². The lowest BCUT2D eigenvalue weighted by atomic mass is 9.34. The second-order valence-corrected chi connectivity index (χ2v) is 15.9. The fourth-order valence-corrected chi connectivity index (χ4v) is 11.0. The summed E-state index contributed by atoms with van der Waals surface area (Å²) in [6, 6.07) is 0. The Labute approximate surface area is 230 Å². The summed E-state index contributed by atoms with van der Waals surface area (Å²) in [5, 5.41) is 11.6. The second kappa shape index (κ2) is 8.28. The molecule has 0 saturated heterocycles. The van der Waals surface area contributed by atoms with E-state index in [1.54, 1.807) is 0 Å². The standard InChI is InChI=1S/C33H51N3O2/c1-28(2)11-13-33(35-16-15-34-8)14-12-32(7)26(22(33)19-28)23(37)17-25-30(5)18-21-20-36-38-27(21)29(3,4)24(30)9-10-31(25,32)6/h17,20,22,24,26,34-35H,9-16,18-19H2,1-8H3/t22-,24-,26-,30-,31+,32+,33-/m0/s1. The highest BCUT2D eigenvalue weighted by atomic mass is 16.5. The Morgan fingerprint density at radius 3 is 2.47 bits per heavy atom. The lowest BCUT2D eigenvalue weighted by Crippen LogP contribution is -2.69. The summed E-state index contributed by atoms with van der Waals surface area (Å²) in [6.07, 6.45) is 13.3. The first kappa shape index (κ1) is 26.7. The second-order valence-electron chi connectivity index (χ2n) is 15.9. The molecule has 210 valence electrons. The normalized spacial score (nSPS) is 44.7. The summed E-state index contributed by atoms with van der Waals surface area (Å²) in [7, 11) is 2.03. The van der Waals surface area contributed by atoms with Gasteiger partial charge < -0.3 is 15.2 Å². The zero-order chi connectivity index (χ0) is 27.4. The molecule has 38 heavy (non-hydrogen) atoms. The highest BCUT2D eigenvalue weighted by Crippen LogP contribution is 2.73.